The van der Waals surface area contributed by atoms with E-state index in [9.17, 15) is 4.79 Å². The molecular weight excluding hydrogens is 466 g/mol. The second-order valence-corrected chi connectivity index (χ2v) is 9.14. The third kappa shape index (κ3) is 3.74. The molecule has 9 heteroatoms. The minimum absolute atomic E-state index is 0.121. The van der Waals surface area contributed by atoms with Crippen LogP contribution in [0.5, 0.6) is 11.6 Å². The number of rotatable bonds is 3. The summed E-state index contributed by atoms with van der Waals surface area (Å²) in [4.78, 5) is 26.1. The number of H-pyrrole nitrogens is 1. The molecule has 5 heterocycles. The van der Waals surface area contributed by atoms with Gasteiger partial charge in [0.1, 0.15) is 5.52 Å². The van der Waals surface area contributed by atoms with E-state index < -0.39 is 0 Å². The van der Waals surface area contributed by atoms with Gasteiger partial charge >= 0.3 is 0 Å². The van der Waals surface area contributed by atoms with Gasteiger partial charge in [-0.25, -0.2) is 4.98 Å². The van der Waals surface area contributed by atoms with E-state index >= 15 is 0 Å². The van der Waals surface area contributed by atoms with Crippen LogP contribution in [0, 0.1) is 0 Å². The highest BCUT2D eigenvalue weighted by Crippen LogP contribution is 2.44. The third-order valence-electron chi connectivity index (χ3n) is 6.63. The average Bonchev–Trinajstić information content (AvgIpc) is 3.24. The molecule has 2 aliphatic heterocycles. The number of benzene rings is 1. The van der Waals surface area contributed by atoms with E-state index in [0.717, 1.165) is 41.7 Å². The summed E-state index contributed by atoms with van der Waals surface area (Å²) >= 11 is 6.40. The topological polar surface area (TPSA) is 101 Å². The number of halogens is 1. The number of hydrogen-bond donors (Lipinski definition) is 3. The molecule has 0 unspecified atom stereocenters. The normalized spacial score (nSPS) is 17.1. The Labute approximate surface area is 207 Å². The molecule has 2 aliphatic rings. The highest BCUT2D eigenvalue weighted by molar-refractivity contribution is 6.32. The molecule has 1 atom stereocenters. The predicted molar refractivity (Wildman–Crippen MR) is 135 cm³/mol. The van der Waals surface area contributed by atoms with Gasteiger partial charge in [0.2, 0.25) is 5.88 Å². The van der Waals surface area contributed by atoms with Gasteiger partial charge in [-0.3, -0.25) is 9.78 Å². The zero-order chi connectivity index (χ0) is 23.9. The van der Waals surface area contributed by atoms with E-state index in [1.165, 1.54) is 0 Å². The number of ether oxygens (including phenoxy) is 2. The first-order valence-electron chi connectivity index (χ1n) is 11.7. The van der Waals surface area contributed by atoms with Crippen molar-refractivity contribution >= 4 is 39.9 Å². The first-order chi connectivity index (χ1) is 17.1. The van der Waals surface area contributed by atoms with Gasteiger partial charge < -0.3 is 25.1 Å². The van der Waals surface area contributed by atoms with Crippen molar-refractivity contribution < 1.29 is 14.3 Å². The predicted octanol–water partition coefficient (Wildman–Crippen LogP) is 5.42. The Morgan fingerprint density at radius 3 is 3.00 bits per heavy atom. The van der Waals surface area contributed by atoms with Gasteiger partial charge in [0.25, 0.3) is 5.91 Å². The number of anilines is 2. The van der Waals surface area contributed by atoms with Crippen LogP contribution < -0.4 is 20.1 Å². The van der Waals surface area contributed by atoms with Crippen LogP contribution in [0.1, 0.15) is 41.2 Å². The van der Waals surface area contributed by atoms with Crippen LogP contribution in [-0.2, 0) is 0 Å². The fourth-order valence-corrected chi connectivity index (χ4v) is 5.20. The van der Waals surface area contributed by atoms with Gasteiger partial charge in [-0.2, -0.15) is 0 Å². The summed E-state index contributed by atoms with van der Waals surface area (Å²) in [6, 6.07) is 11.1. The molecule has 1 amide bonds. The molecule has 4 aromatic rings. The van der Waals surface area contributed by atoms with Crippen molar-refractivity contribution in [1.29, 1.82) is 0 Å². The molecular formula is C26H24ClN5O3. The van der Waals surface area contributed by atoms with Gasteiger partial charge in [-0.05, 0) is 43.5 Å². The van der Waals surface area contributed by atoms with Crippen LogP contribution in [0.2, 0.25) is 5.02 Å². The SMILES string of the molecule is COc1c(Cl)cccc1Nc1c2[nH]c3c1C(=O)NC[C@H]3CCCCOc1ccc3nccc-2c3n1. The van der Waals surface area contributed by atoms with E-state index in [1.807, 2.05) is 30.3 Å². The van der Waals surface area contributed by atoms with Crippen molar-refractivity contribution in [3.63, 3.8) is 0 Å². The quantitative estimate of drug-likeness (QED) is 0.355. The maximum atomic E-state index is 13.2. The van der Waals surface area contributed by atoms with Crippen molar-refractivity contribution in [2.75, 3.05) is 25.6 Å². The molecule has 0 saturated heterocycles. The second kappa shape index (κ2) is 8.78. The Bertz CT molecular complexity index is 1450. The van der Waals surface area contributed by atoms with E-state index in [4.69, 9.17) is 26.1 Å². The lowest BCUT2D eigenvalue weighted by atomic mass is 9.91. The minimum atomic E-state index is -0.121. The molecule has 0 aliphatic carbocycles. The van der Waals surface area contributed by atoms with Gasteiger partial charge in [-0.15, -0.1) is 0 Å². The number of nitrogens with zero attached hydrogens (tertiary/aromatic N) is 2. The minimum Gasteiger partial charge on any atom is -0.493 e. The lowest BCUT2D eigenvalue weighted by molar-refractivity contribution is 0.0939. The Kier molecular flexibility index (Phi) is 5.45. The van der Waals surface area contributed by atoms with Gasteiger partial charge in [0, 0.05) is 36.0 Å². The number of hydrogen-bond acceptors (Lipinski definition) is 6. The molecule has 35 heavy (non-hydrogen) atoms. The molecule has 0 radical (unpaired) electrons. The molecule has 6 rings (SSSR count). The second-order valence-electron chi connectivity index (χ2n) is 8.74. The number of methoxy groups -OCH3 is 1. The summed E-state index contributed by atoms with van der Waals surface area (Å²) in [5.41, 5.74) is 5.86. The standard InChI is InChI=1S/C26H24ClN5O3/c1-34-25-16(27)6-4-7-18(25)30-24-20-21-14(13-29-26(20)33)5-2-3-12-35-19-9-8-17-22(31-19)15(10-11-28-17)23(24)32-21/h4,6-11,14,30,32H,2-3,5,12-13H2,1H3,(H,29,33)/t14-/m1/s1. The van der Waals surface area contributed by atoms with E-state index in [0.29, 0.717) is 52.3 Å². The molecule has 0 saturated carbocycles. The van der Waals surface area contributed by atoms with Gasteiger partial charge in [0.05, 0.1) is 46.9 Å². The van der Waals surface area contributed by atoms with Gasteiger partial charge in [-0.1, -0.05) is 17.7 Å². The number of aromatic amines is 1. The Balaban J connectivity index is 1.63. The van der Waals surface area contributed by atoms with Crippen LogP contribution in [0.4, 0.5) is 11.4 Å². The fourth-order valence-electron chi connectivity index (χ4n) is 4.95. The van der Waals surface area contributed by atoms with Crippen molar-refractivity contribution in [2.24, 2.45) is 0 Å². The maximum absolute atomic E-state index is 13.2. The lowest BCUT2D eigenvalue weighted by Gasteiger charge is -2.24. The summed E-state index contributed by atoms with van der Waals surface area (Å²) in [5.74, 6) is 1.10. The first kappa shape index (κ1) is 21.7. The largest absolute Gasteiger partial charge is 0.493 e. The van der Waals surface area contributed by atoms with Crippen LogP contribution in [0.25, 0.3) is 22.3 Å². The number of pyridine rings is 2. The summed E-state index contributed by atoms with van der Waals surface area (Å²) < 4.78 is 11.5. The lowest BCUT2D eigenvalue weighted by Crippen LogP contribution is -2.35. The van der Waals surface area contributed by atoms with Crippen molar-refractivity contribution in [2.45, 2.75) is 25.2 Å². The highest BCUT2D eigenvalue weighted by atomic mass is 35.5. The maximum Gasteiger partial charge on any atom is 0.255 e. The highest BCUT2D eigenvalue weighted by Gasteiger charge is 2.33. The number of amides is 1. The molecule has 8 nitrogen and oxygen atoms in total. The van der Waals surface area contributed by atoms with Crippen LogP contribution in [0.3, 0.4) is 0 Å². The first-order valence-corrected chi connectivity index (χ1v) is 12.0. The summed E-state index contributed by atoms with van der Waals surface area (Å²) in [7, 11) is 1.57. The Morgan fingerprint density at radius 2 is 2.11 bits per heavy atom. The summed E-state index contributed by atoms with van der Waals surface area (Å²) in [6.45, 7) is 1.18. The number of carbonyl (C=O) groups is 1. The molecule has 0 spiro atoms. The Morgan fingerprint density at radius 1 is 1.20 bits per heavy atom. The monoisotopic (exact) mass is 489 g/mol. The average molecular weight is 490 g/mol. The molecule has 4 bridgehead atoms. The van der Waals surface area contributed by atoms with E-state index in [1.54, 1.807) is 19.4 Å². The van der Waals surface area contributed by atoms with Crippen molar-refractivity contribution in [1.82, 2.24) is 20.3 Å². The molecule has 3 aromatic heterocycles. The summed E-state index contributed by atoms with van der Waals surface area (Å²) in [6.07, 6.45) is 4.54. The number of nitrogens with one attached hydrogen (secondary N) is 3. The summed E-state index contributed by atoms with van der Waals surface area (Å²) in [5, 5.41) is 7.02. The number of carbonyl (C=O) groups excluding carboxylic acids is 1. The fraction of sp³-hybridized carbons (Fsp3) is 0.269. The smallest absolute Gasteiger partial charge is 0.255 e. The number of para-hydroxylation sites is 1. The van der Waals surface area contributed by atoms with Crippen LogP contribution in [-0.4, -0.2) is 41.1 Å². The zero-order valence-corrected chi connectivity index (χ0v) is 19.9. The van der Waals surface area contributed by atoms with Crippen molar-refractivity contribution in [3.05, 3.63) is 58.9 Å². The third-order valence-corrected chi connectivity index (χ3v) is 6.93. The van der Waals surface area contributed by atoms with Crippen LogP contribution >= 0.6 is 11.6 Å². The van der Waals surface area contributed by atoms with E-state index in [-0.39, 0.29) is 11.8 Å². The Hall–Kier alpha value is -3.78. The van der Waals surface area contributed by atoms with Crippen molar-refractivity contribution in [3.8, 4) is 22.9 Å². The molecule has 3 N–H and O–H groups in total. The van der Waals surface area contributed by atoms with Gasteiger partial charge in [0.15, 0.2) is 5.75 Å². The van der Waals surface area contributed by atoms with E-state index in [2.05, 4.69) is 20.6 Å². The molecule has 1 aromatic carbocycles. The molecule has 0 fully saturated rings. The molecule has 178 valence electrons. The number of fused-ring (bicyclic) bond motifs is 3. The van der Waals surface area contributed by atoms with Crippen LogP contribution in [0.15, 0.2) is 42.6 Å². The number of aromatic nitrogens is 3. The zero-order valence-electron chi connectivity index (χ0n) is 19.2.